The predicted molar refractivity (Wildman–Crippen MR) is 112 cm³/mol. The van der Waals surface area contributed by atoms with Gasteiger partial charge in [-0.15, -0.1) is 0 Å². The average Bonchev–Trinajstić information content (AvgIpc) is 3.21. The molecule has 3 heterocycles. The molecule has 0 radical (unpaired) electrons. The molecule has 0 saturated carbocycles. The number of carbonyl (C=O) groups excluding carboxylic acids is 1. The van der Waals surface area contributed by atoms with E-state index in [2.05, 4.69) is 4.98 Å². The fourth-order valence-corrected chi connectivity index (χ4v) is 3.91. The number of ether oxygens (including phenoxy) is 1. The first-order valence-corrected chi connectivity index (χ1v) is 9.55. The summed E-state index contributed by atoms with van der Waals surface area (Å²) in [5.74, 6) is -0.138. The van der Waals surface area contributed by atoms with E-state index in [-0.39, 0.29) is 11.2 Å². The van der Waals surface area contributed by atoms with Gasteiger partial charge in [0.2, 0.25) is 5.78 Å². The number of hydrogen-bond acceptors (Lipinski definition) is 5. The van der Waals surface area contributed by atoms with Crippen molar-refractivity contribution >= 4 is 22.9 Å². The minimum atomic E-state index is -1.06. The van der Waals surface area contributed by atoms with Crippen molar-refractivity contribution in [3.05, 3.63) is 62.1 Å². The summed E-state index contributed by atoms with van der Waals surface area (Å²) in [4.78, 5) is 43.0. The number of methoxy groups -OCH3 is 1. The van der Waals surface area contributed by atoms with E-state index >= 15 is 0 Å². The van der Waals surface area contributed by atoms with Gasteiger partial charge in [-0.3, -0.25) is 18.3 Å². The number of benzene rings is 1. The predicted octanol–water partition coefficient (Wildman–Crippen LogP) is 1.80. The van der Waals surface area contributed by atoms with E-state index in [0.29, 0.717) is 5.78 Å². The lowest BCUT2D eigenvalue weighted by atomic mass is 10.2. The van der Waals surface area contributed by atoms with E-state index in [0.717, 1.165) is 27.2 Å². The minimum Gasteiger partial charge on any atom is -0.467 e. The molecular weight excluding hydrogens is 386 g/mol. The quantitative estimate of drug-likeness (QED) is 0.481. The average molecular weight is 409 g/mol. The Labute approximate surface area is 171 Å². The highest BCUT2D eigenvalue weighted by Crippen LogP contribution is 2.25. The zero-order chi connectivity index (χ0) is 21.9. The number of carbonyl (C=O) groups is 1. The Balaban J connectivity index is 2.17. The van der Waals surface area contributed by atoms with Crippen molar-refractivity contribution < 1.29 is 9.53 Å². The summed E-state index contributed by atoms with van der Waals surface area (Å²) in [6, 6.07) is 6.90. The molecular formula is C21H23N5O4. The minimum absolute atomic E-state index is 0.245. The third-order valence-corrected chi connectivity index (χ3v) is 5.66. The molecule has 9 nitrogen and oxygen atoms in total. The zero-order valence-corrected chi connectivity index (χ0v) is 17.8. The Hall–Kier alpha value is -3.62. The first-order chi connectivity index (χ1) is 14.2. The Morgan fingerprint density at radius 3 is 2.47 bits per heavy atom. The monoisotopic (exact) mass is 409 g/mol. The number of rotatable bonds is 3. The van der Waals surface area contributed by atoms with Crippen molar-refractivity contribution in [1.82, 2.24) is 23.1 Å². The topological polar surface area (TPSA) is 92.5 Å². The lowest BCUT2D eigenvalue weighted by Gasteiger charge is -2.13. The summed E-state index contributed by atoms with van der Waals surface area (Å²) in [5.41, 5.74) is 3.05. The van der Waals surface area contributed by atoms with Gasteiger partial charge in [-0.05, 0) is 45.4 Å². The standard InChI is InChI=1S/C21H23N5O4/c1-11-8-7-9-15(10-11)24-12(2)13(3)25-16-17(22-20(24)25)23(5)21(29)26(18(16)27)14(4)19(28)30-6/h7-10,14H,1-6H3/t14-/m1/s1. The van der Waals surface area contributed by atoms with Gasteiger partial charge in [0.1, 0.15) is 6.04 Å². The molecule has 0 N–H and O–H groups in total. The summed E-state index contributed by atoms with van der Waals surface area (Å²) in [5, 5.41) is 0. The molecule has 9 heteroatoms. The second-order valence-corrected chi connectivity index (χ2v) is 7.48. The number of nitrogens with zero attached hydrogens (tertiary/aromatic N) is 5. The van der Waals surface area contributed by atoms with Crippen molar-refractivity contribution in [3.63, 3.8) is 0 Å². The summed E-state index contributed by atoms with van der Waals surface area (Å²) >= 11 is 0. The van der Waals surface area contributed by atoms with Crippen LogP contribution in [0.25, 0.3) is 22.6 Å². The maximum absolute atomic E-state index is 13.4. The van der Waals surface area contributed by atoms with Gasteiger partial charge in [-0.25, -0.2) is 14.2 Å². The molecule has 0 aliphatic rings. The van der Waals surface area contributed by atoms with Gasteiger partial charge in [0.05, 0.1) is 7.11 Å². The van der Waals surface area contributed by atoms with Crippen LogP contribution in [0.3, 0.4) is 0 Å². The molecule has 0 spiro atoms. The molecule has 156 valence electrons. The van der Waals surface area contributed by atoms with Crippen LogP contribution in [-0.2, 0) is 16.6 Å². The van der Waals surface area contributed by atoms with Crippen molar-refractivity contribution in [2.45, 2.75) is 33.7 Å². The summed E-state index contributed by atoms with van der Waals surface area (Å²) in [6.45, 7) is 7.32. The molecule has 3 aromatic heterocycles. The Bertz CT molecular complexity index is 1450. The molecule has 0 unspecified atom stereocenters. The highest BCUT2D eigenvalue weighted by Gasteiger charge is 2.27. The third-order valence-electron chi connectivity index (χ3n) is 5.66. The summed E-state index contributed by atoms with van der Waals surface area (Å²) in [6.07, 6.45) is 0. The van der Waals surface area contributed by atoms with Crippen LogP contribution in [0, 0.1) is 20.8 Å². The molecule has 4 rings (SSSR count). The highest BCUT2D eigenvalue weighted by atomic mass is 16.5. The smallest absolute Gasteiger partial charge is 0.333 e. The second kappa shape index (κ2) is 6.72. The molecule has 30 heavy (non-hydrogen) atoms. The second-order valence-electron chi connectivity index (χ2n) is 7.48. The molecule has 0 saturated heterocycles. The maximum atomic E-state index is 13.4. The van der Waals surface area contributed by atoms with Crippen molar-refractivity contribution in [3.8, 4) is 5.69 Å². The van der Waals surface area contributed by atoms with E-state index in [9.17, 15) is 14.4 Å². The van der Waals surface area contributed by atoms with Crippen LogP contribution >= 0.6 is 0 Å². The normalized spacial score (nSPS) is 12.6. The van der Waals surface area contributed by atoms with Gasteiger partial charge >= 0.3 is 11.7 Å². The van der Waals surface area contributed by atoms with Crippen molar-refractivity contribution in [2.24, 2.45) is 7.05 Å². The van der Waals surface area contributed by atoms with Gasteiger partial charge in [0.25, 0.3) is 5.56 Å². The molecule has 0 aliphatic heterocycles. The van der Waals surface area contributed by atoms with Gasteiger partial charge in [0, 0.05) is 24.1 Å². The fourth-order valence-electron chi connectivity index (χ4n) is 3.91. The lowest BCUT2D eigenvalue weighted by molar-refractivity contribution is -0.144. The van der Waals surface area contributed by atoms with Crippen LogP contribution in [0.1, 0.15) is 29.9 Å². The van der Waals surface area contributed by atoms with E-state index in [1.165, 1.54) is 25.6 Å². The lowest BCUT2D eigenvalue weighted by Crippen LogP contribution is -2.43. The Morgan fingerprint density at radius 1 is 1.13 bits per heavy atom. The van der Waals surface area contributed by atoms with E-state index in [1.807, 2.05) is 49.6 Å². The SMILES string of the molecule is COC(=O)[C@@H](C)n1c(=O)c2c(nc3n(-c4cccc(C)c4)c(C)c(C)n23)n(C)c1=O. The van der Waals surface area contributed by atoms with E-state index in [4.69, 9.17) is 4.74 Å². The van der Waals surface area contributed by atoms with Crippen LogP contribution in [-0.4, -0.2) is 36.2 Å². The number of fused-ring (bicyclic) bond motifs is 3. The van der Waals surface area contributed by atoms with Gasteiger partial charge in [-0.1, -0.05) is 12.1 Å². The summed E-state index contributed by atoms with van der Waals surface area (Å²) < 4.78 is 10.7. The number of aromatic nitrogens is 5. The number of hydrogen-bond donors (Lipinski definition) is 0. The largest absolute Gasteiger partial charge is 0.467 e. The molecule has 0 bridgehead atoms. The number of aryl methyl sites for hydroxylation is 3. The molecule has 4 aromatic rings. The number of esters is 1. The molecule has 0 fully saturated rings. The Kier molecular flexibility index (Phi) is 4.41. The van der Waals surface area contributed by atoms with Crippen molar-refractivity contribution in [1.29, 1.82) is 0 Å². The van der Waals surface area contributed by atoms with E-state index in [1.54, 1.807) is 4.40 Å². The molecule has 1 aromatic carbocycles. The van der Waals surface area contributed by atoms with Gasteiger partial charge in [0.15, 0.2) is 11.2 Å². The van der Waals surface area contributed by atoms with Crippen molar-refractivity contribution in [2.75, 3.05) is 7.11 Å². The zero-order valence-electron chi connectivity index (χ0n) is 17.8. The van der Waals surface area contributed by atoms with Crippen LogP contribution in [0.15, 0.2) is 33.9 Å². The van der Waals surface area contributed by atoms with Crippen LogP contribution in [0.2, 0.25) is 0 Å². The highest BCUT2D eigenvalue weighted by molar-refractivity contribution is 5.78. The summed E-state index contributed by atoms with van der Waals surface area (Å²) in [7, 11) is 2.76. The van der Waals surface area contributed by atoms with Gasteiger partial charge in [-0.2, -0.15) is 4.98 Å². The van der Waals surface area contributed by atoms with Crippen LogP contribution in [0.5, 0.6) is 0 Å². The molecule has 0 amide bonds. The fraction of sp³-hybridized carbons (Fsp3) is 0.333. The number of imidazole rings is 2. The van der Waals surface area contributed by atoms with Gasteiger partial charge < -0.3 is 4.74 Å². The van der Waals surface area contributed by atoms with Crippen LogP contribution < -0.4 is 11.2 Å². The Morgan fingerprint density at radius 2 is 1.83 bits per heavy atom. The third kappa shape index (κ3) is 2.54. The molecule has 0 aliphatic carbocycles. The maximum Gasteiger partial charge on any atom is 0.333 e. The first-order valence-electron chi connectivity index (χ1n) is 9.55. The van der Waals surface area contributed by atoms with E-state index < -0.39 is 23.3 Å². The van der Waals surface area contributed by atoms with Crippen LogP contribution in [0.4, 0.5) is 0 Å². The molecule has 1 atom stereocenters. The first kappa shape index (κ1) is 19.7.